The molecule has 24 heavy (non-hydrogen) atoms. The molecule has 3 amide bonds. The molecule has 2 atom stereocenters. The van der Waals surface area contributed by atoms with E-state index >= 15 is 0 Å². The van der Waals surface area contributed by atoms with Gasteiger partial charge in [-0.3, -0.25) is 4.79 Å². The molecule has 3 rings (SSSR count). The van der Waals surface area contributed by atoms with E-state index in [9.17, 15) is 9.59 Å². The van der Waals surface area contributed by atoms with Gasteiger partial charge < -0.3 is 19.9 Å². The maximum atomic E-state index is 12.6. The Hall–Kier alpha value is -1.30. The van der Waals surface area contributed by atoms with Crippen molar-refractivity contribution in [1.82, 2.24) is 15.1 Å². The zero-order chi connectivity index (χ0) is 17.2. The molecule has 2 heterocycles. The summed E-state index contributed by atoms with van der Waals surface area (Å²) in [5, 5.41) is 3.22. The molecule has 6 heteroatoms. The molecule has 0 bridgehead atoms. The van der Waals surface area contributed by atoms with E-state index in [-0.39, 0.29) is 17.4 Å². The molecule has 0 aromatic heterocycles. The SMILES string of the molecule is COC[C@@]12CCN(C(=O)NC3CCCCC3)C[C@@H]1CN(C(C)=O)C2. The van der Waals surface area contributed by atoms with Gasteiger partial charge in [0.15, 0.2) is 0 Å². The lowest BCUT2D eigenvalue weighted by atomic mass is 9.73. The highest BCUT2D eigenvalue weighted by Gasteiger charge is 2.50. The maximum absolute atomic E-state index is 12.6. The minimum Gasteiger partial charge on any atom is -0.384 e. The predicted molar refractivity (Wildman–Crippen MR) is 91.6 cm³/mol. The van der Waals surface area contributed by atoms with Gasteiger partial charge in [0.2, 0.25) is 5.91 Å². The number of piperidine rings is 1. The first-order valence-corrected chi connectivity index (χ1v) is 9.34. The van der Waals surface area contributed by atoms with Crippen LogP contribution in [-0.2, 0) is 9.53 Å². The van der Waals surface area contributed by atoms with Crippen molar-refractivity contribution in [3.05, 3.63) is 0 Å². The summed E-state index contributed by atoms with van der Waals surface area (Å²) in [5.74, 6) is 0.435. The standard InChI is InChI=1S/C18H31N3O3/c1-14(22)21-11-15-10-20(9-8-18(15,12-21)13-24-2)17(23)19-16-6-4-3-5-7-16/h15-16H,3-13H2,1-2H3,(H,19,23)/t15-,18+/m1/s1. The summed E-state index contributed by atoms with van der Waals surface area (Å²) in [6, 6.07) is 0.420. The number of carbonyl (C=O) groups is 2. The monoisotopic (exact) mass is 337 g/mol. The van der Waals surface area contributed by atoms with Crippen LogP contribution in [-0.4, -0.2) is 67.7 Å². The molecule has 1 saturated carbocycles. The molecule has 0 aromatic carbocycles. The Morgan fingerprint density at radius 1 is 1.17 bits per heavy atom. The first-order valence-electron chi connectivity index (χ1n) is 9.34. The minimum atomic E-state index is 0.0159. The summed E-state index contributed by atoms with van der Waals surface area (Å²) < 4.78 is 5.47. The average molecular weight is 337 g/mol. The van der Waals surface area contributed by atoms with E-state index < -0.39 is 0 Å². The van der Waals surface area contributed by atoms with Gasteiger partial charge in [-0.05, 0) is 19.3 Å². The van der Waals surface area contributed by atoms with E-state index in [0.717, 1.165) is 45.4 Å². The van der Waals surface area contributed by atoms with Crippen molar-refractivity contribution in [3.8, 4) is 0 Å². The van der Waals surface area contributed by atoms with E-state index in [1.54, 1.807) is 14.0 Å². The largest absolute Gasteiger partial charge is 0.384 e. The number of hydrogen-bond acceptors (Lipinski definition) is 3. The molecule has 136 valence electrons. The predicted octanol–water partition coefficient (Wildman–Crippen LogP) is 1.85. The summed E-state index contributed by atoms with van der Waals surface area (Å²) in [5.41, 5.74) is 0.0159. The van der Waals surface area contributed by atoms with Crippen molar-refractivity contribution >= 4 is 11.9 Å². The first-order chi connectivity index (χ1) is 11.5. The molecule has 0 spiro atoms. The highest BCUT2D eigenvalue weighted by Crippen LogP contribution is 2.43. The zero-order valence-corrected chi connectivity index (χ0v) is 15.1. The van der Waals surface area contributed by atoms with Crippen LogP contribution in [0.4, 0.5) is 4.79 Å². The van der Waals surface area contributed by atoms with E-state index in [1.807, 2.05) is 9.80 Å². The lowest BCUT2D eigenvalue weighted by Gasteiger charge is -2.43. The average Bonchev–Trinajstić information content (AvgIpc) is 2.95. The Kier molecular flexibility index (Phi) is 5.33. The molecule has 1 aliphatic carbocycles. The van der Waals surface area contributed by atoms with Gasteiger partial charge in [0.05, 0.1) is 6.61 Å². The fourth-order valence-electron chi connectivity index (χ4n) is 4.74. The van der Waals surface area contributed by atoms with E-state index in [0.29, 0.717) is 18.6 Å². The Morgan fingerprint density at radius 2 is 1.88 bits per heavy atom. The third-order valence-corrected chi connectivity index (χ3v) is 6.23. The van der Waals surface area contributed by atoms with E-state index in [1.165, 1.54) is 19.3 Å². The highest BCUT2D eigenvalue weighted by molar-refractivity contribution is 5.75. The molecule has 1 N–H and O–H groups in total. The Balaban J connectivity index is 1.61. The molecule has 3 fully saturated rings. The minimum absolute atomic E-state index is 0.0159. The normalized spacial score (nSPS) is 31.0. The van der Waals surface area contributed by atoms with Crippen molar-refractivity contribution in [2.75, 3.05) is 39.9 Å². The molecule has 2 saturated heterocycles. The number of carbonyl (C=O) groups excluding carboxylic acids is 2. The molecule has 0 radical (unpaired) electrons. The van der Waals surface area contributed by atoms with E-state index in [4.69, 9.17) is 4.74 Å². The van der Waals surface area contributed by atoms with Gasteiger partial charge in [0, 0.05) is 57.6 Å². The number of nitrogens with zero attached hydrogens (tertiary/aromatic N) is 2. The summed E-state index contributed by atoms with van der Waals surface area (Å²) in [7, 11) is 1.73. The fraction of sp³-hybridized carbons (Fsp3) is 0.889. The van der Waals surface area contributed by atoms with Crippen LogP contribution in [0.25, 0.3) is 0 Å². The molecular weight excluding hydrogens is 306 g/mol. The molecule has 3 aliphatic rings. The van der Waals surface area contributed by atoms with Gasteiger partial charge in [-0.2, -0.15) is 0 Å². The second kappa shape index (κ2) is 7.30. The van der Waals surface area contributed by atoms with Gasteiger partial charge in [-0.1, -0.05) is 19.3 Å². The summed E-state index contributed by atoms with van der Waals surface area (Å²) in [6.45, 7) is 5.28. The number of likely N-dealkylation sites (tertiary alicyclic amines) is 2. The topological polar surface area (TPSA) is 61.9 Å². The second-order valence-corrected chi connectivity index (χ2v) is 7.87. The van der Waals surface area contributed by atoms with Crippen molar-refractivity contribution in [1.29, 1.82) is 0 Å². The van der Waals surface area contributed by atoms with Gasteiger partial charge in [0.25, 0.3) is 0 Å². The fourth-order valence-corrected chi connectivity index (χ4v) is 4.74. The number of hydrogen-bond donors (Lipinski definition) is 1. The number of urea groups is 1. The van der Waals surface area contributed by atoms with Gasteiger partial charge in [-0.25, -0.2) is 4.79 Å². The number of methoxy groups -OCH3 is 1. The maximum Gasteiger partial charge on any atom is 0.317 e. The van der Waals surface area contributed by atoms with Crippen molar-refractivity contribution < 1.29 is 14.3 Å². The smallest absolute Gasteiger partial charge is 0.317 e. The van der Waals surface area contributed by atoms with Crippen molar-refractivity contribution in [3.63, 3.8) is 0 Å². The Bertz CT molecular complexity index is 478. The van der Waals surface area contributed by atoms with Crippen LogP contribution >= 0.6 is 0 Å². The highest BCUT2D eigenvalue weighted by atomic mass is 16.5. The van der Waals surface area contributed by atoms with Crippen LogP contribution in [0.15, 0.2) is 0 Å². The van der Waals surface area contributed by atoms with Crippen LogP contribution in [0, 0.1) is 11.3 Å². The quantitative estimate of drug-likeness (QED) is 0.855. The van der Waals surface area contributed by atoms with Crippen LogP contribution < -0.4 is 5.32 Å². The Labute approximate surface area is 144 Å². The molecule has 0 aromatic rings. The van der Waals surface area contributed by atoms with Gasteiger partial charge in [0.1, 0.15) is 0 Å². The van der Waals surface area contributed by atoms with Gasteiger partial charge >= 0.3 is 6.03 Å². The van der Waals surface area contributed by atoms with Crippen molar-refractivity contribution in [2.45, 2.75) is 51.5 Å². The summed E-state index contributed by atoms with van der Waals surface area (Å²) in [4.78, 5) is 28.3. The molecule has 2 aliphatic heterocycles. The first kappa shape index (κ1) is 17.5. The van der Waals surface area contributed by atoms with Crippen LogP contribution in [0.5, 0.6) is 0 Å². The van der Waals surface area contributed by atoms with Crippen LogP contribution in [0.3, 0.4) is 0 Å². The van der Waals surface area contributed by atoms with Crippen LogP contribution in [0.2, 0.25) is 0 Å². The number of rotatable bonds is 3. The van der Waals surface area contributed by atoms with E-state index in [2.05, 4.69) is 5.32 Å². The summed E-state index contributed by atoms with van der Waals surface area (Å²) in [6.07, 6.45) is 6.85. The second-order valence-electron chi connectivity index (χ2n) is 7.87. The van der Waals surface area contributed by atoms with Gasteiger partial charge in [-0.15, -0.1) is 0 Å². The Morgan fingerprint density at radius 3 is 2.54 bits per heavy atom. The van der Waals surface area contributed by atoms with Crippen LogP contribution in [0.1, 0.15) is 45.4 Å². The third-order valence-electron chi connectivity index (χ3n) is 6.23. The number of ether oxygens (including phenoxy) is 1. The molecule has 6 nitrogen and oxygen atoms in total. The lowest BCUT2D eigenvalue weighted by Crippen LogP contribution is -2.54. The number of nitrogens with one attached hydrogen (secondary N) is 1. The third kappa shape index (κ3) is 3.53. The number of amides is 3. The molecule has 0 unspecified atom stereocenters. The zero-order valence-electron chi connectivity index (χ0n) is 15.1. The number of fused-ring (bicyclic) bond motifs is 1. The van der Waals surface area contributed by atoms with Crippen molar-refractivity contribution in [2.24, 2.45) is 11.3 Å². The summed E-state index contributed by atoms with van der Waals surface area (Å²) >= 11 is 0. The molecular formula is C18H31N3O3. The lowest BCUT2D eigenvalue weighted by molar-refractivity contribution is -0.128.